The first-order chi connectivity index (χ1) is 14.4. The van der Waals surface area contributed by atoms with Crippen LogP contribution in [0.2, 0.25) is 0 Å². The molecule has 5 nitrogen and oxygen atoms in total. The van der Waals surface area contributed by atoms with Crippen molar-refractivity contribution in [2.75, 3.05) is 27.1 Å². The molecule has 3 aliphatic heterocycles. The molecule has 5 rings (SSSR count). The number of ether oxygens (including phenoxy) is 4. The first-order valence-corrected chi connectivity index (χ1v) is 10.9. The highest BCUT2D eigenvalue weighted by Gasteiger charge is 2.46. The molecule has 0 spiro atoms. The maximum Gasteiger partial charge on any atom is 0.231 e. The van der Waals surface area contributed by atoms with Crippen molar-refractivity contribution >= 4 is 46.6 Å². The Morgan fingerprint density at radius 1 is 1.17 bits per heavy atom. The van der Waals surface area contributed by atoms with Crippen LogP contribution in [0.25, 0.3) is 11.8 Å². The molecule has 30 heavy (non-hydrogen) atoms. The Morgan fingerprint density at radius 2 is 1.93 bits per heavy atom. The van der Waals surface area contributed by atoms with E-state index in [9.17, 15) is 0 Å². The van der Waals surface area contributed by atoms with E-state index in [1.165, 1.54) is 5.56 Å². The average Bonchev–Trinajstić information content (AvgIpc) is 3.17. The predicted molar refractivity (Wildman–Crippen MR) is 118 cm³/mol. The summed E-state index contributed by atoms with van der Waals surface area (Å²) in [7, 11) is 1.61. The molecule has 0 radical (unpaired) electrons. The number of hydrogen-bond donors (Lipinski definition) is 0. The van der Waals surface area contributed by atoms with Gasteiger partial charge in [-0.2, -0.15) is 0 Å². The molecule has 0 amide bonds. The van der Waals surface area contributed by atoms with Crippen LogP contribution >= 0.6 is 34.8 Å². The minimum absolute atomic E-state index is 0.234. The molecule has 0 saturated heterocycles. The summed E-state index contributed by atoms with van der Waals surface area (Å²) in [5.74, 6) is 2.74. The van der Waals surface area contributed by atoms with Crippen LogP contribution in [0.3, 0.4) is 0 Å². The lowest BCUT2D eigenvalue weighted by molar-refractivity contribution is 0.174. The molecule has 1 atom stereocenters. The monoisotopic (exact) mass is 467 g/mol. The number of benzene rings is 2. The topological polar surface area (TPSA) is 40.2 Å². The van der Waals surface area contributed by atoms with Crippen molar-refractivity contribution in [3.63, 3.8) is 0 Å². The van der Waals surface area contributed by atoms with Gasteiger partial charge in [0.1, 0.15) is 6.04 Å². The standard InChI is InChI=1S/C22H20Cl3NO4/c1-3-28-20-16(27-2)5-4-13-8-15-14-10-18-17(29-11-30-18)9-12(14)6-7-26(15)21(19(13)20)22(23,24)25/h4-5,8-10,21H,3,6-7,11H2,1-2H3. The largest absolute Gasteiger partial charge is 0.493 e. The normalized spacial score (nSPS) is 18.9. The molecule has 0 bridgehead atoms. The van der Waals surface area contributed by atoms with Gasteiger partial charge in [-0.05, 0) is 48.7 Å². The number of rotatable bonds is 3. The summed E-state index contributed by atoms with van der Waals surface area (Å²) in [6, 6.07) is 7.40. The highest BCUT2D eigenvalue weighted by Crippen LogP contribution is 2.56. The fourth-order valence-corrected chi connectivity index (χ4v) is 5.16. The fraction of sp³-hybridized carbons (Fsp3) is 0.364. The molecule has 8 heteroatoms. The van der Waals surface area contributed by atoms with Gasteiger partial charge >= 0.3 is 0 Å². The minimum atomic E-state index is -1.58. The Kier molecular flexibility index (Phi) is 4.88. The SMILES string of the molecule is CCOc1c(OC)ccc2c1C(C(Cl)(Cl)Cl)N1CCc3cc4c(cc3C1=C2)OCO4. The van der Waals surface area contributed by atoms with Crippen molar-refractivity contribution in [2.45, 2.75) is 23.2 Å². The molecule has 0 fully saturated rings. The fourth-order valence-electron chi connectivity index (χ4n) is 4.47. The summed E-state index contributed by atoms with van der Waals surface area (Å²) in [4.78, 5) is 2.14. The van der Waals surface area contributed by atoms with Gasteiger partial charge < -0.3 is 23.8 Å². The summed E-state index contributed by atoms with van der Waals surface area (Å²) in [6.45, 7) is 3.33. The highest BCUT2D eigenvalue weighted by atomic mass is 35.6. The maximum atomic E-state index is 6.57. The zero-order chi connectivity index (χ0) is 21.0. The molecule has 158 valence electrons. The highest BCUT2D eigenvalue weighted by molar-refractivity contribution is 6.68. The molecular formula is C22H20Cl3NO4. The van der Waals surface area contributed by atoms with Crippen molar-refractivity contribution in [1.29, 1.82) is 0 Å². The van der Waals surface area contributed by atoms with E-state index in [0.29, 0.717) is 24.7 Å². The first kappa shape index (κ1) is 20.0. The zero-order valence-electron chi connectivity index (χ0n) is 16.5. The molecule has 0 saturated carbocycles. The predicted octanol–water partition coefficient (Wildman–Crippen LogP) is 5.60. The molecular weight excluding hydrogens is 449 g/mol. The van der Waals surface area contributed by atoms with Gasteiger partial charge in [-0.1, -0.05) is 40.9 Å². The van der Waals surface area contributed by atoms with Crippen molar-refractivity contribution in [3.05, 3.63) is 46.5 Å². The van der Waals surface area contributed by atoms with Gasteiger partial charge in [0.25, 0.3) is 0 Å². The average molecular weight is 469 g/mol. The van der Waals surface area contributed by atoms with E-state index in [4.69, 9.17) is 53.8 Å². The molecule has 0 N–H and O–H groups in total. The van der Waals surface area contributed by atoms with Gasteiger partial charge in [0, 0.05) is 23.4 Å². The second kappa shape index (κ2) is 7.33. The lowest BCUT2D eigenvalue weighted by Crippen LogP contribution is -2.41. The Morgan fingerprint density at radius 3 is 2.63 bits per heavy atom. The van der Waals surface area contributed by atoms with Crippen LogP contribution in [0, 0.1) is 0 Å². The van der Waals surface area contributed by atoms with Crippen molar-refractivity contribution in [1.82, 2.24) is 4.90 Å². The first-order valence-electron chi connectivity index (χ1n) is 9.74. The number of hydrogen-bond acceptors (Lipinski definition) is 5. The van der Waals surface area contributed by atoms with Crippen LogP contribution < -0.4 is 18.9 Å². The number of fused-ring (bicyclic) bond motifs is 5. The van der Waals surface area contributed by atoms with E-state index in [0.717, 1.165) is 40.3 Å². The molecule has 2 aromatic rings. The summed E-state index contributed by atoms with van der Waals surface area (Å²) in [6.07, 6.45) is 2.91. The van der Waals surface area contributed by atoms with E-state index in [1.807, 2.05) is 25.1 Å². The smallest absolute Gasteiger partial charge is 0.231 e. The van der Waals surface area contributed by atoms with Crippen molar-refractivity contribution in [2.24, 2.45) is 0 Å². The maximum absolute atomic E-state index is 6.57. The Bertz CT molecular complexity index is 1050. The third-order valence-corrected chi connectivity index (χ3v) is 6.32. The second-order valence-electron chi connectivity index (χ2n) is 7.31. The van der Waals surface area contributed by atoms with Gasteiger partial charge in [-0.15, -0.1) is 0 Å². The zero-order valence-corrected chi connectivity index (χ0v) is 18.8. The molecule has 3 heterocycles. The van der Waals surface area contributed by atoms with E-state index in [1.54, 1.807) is 7.11 Å². The van der Waals surface area contributed by atoms with E-state index in [-0.39, 0.29) is 6.79 Å². The summed E-state index contributed by atoms with van der Waals surface area (Å²) < 4.78 is 21.1. The van der Waals surface area contributed by atoms with Gasteiger partial charge in [-0.3, -0.25) is 0 Å². The number of nitrogens with zero attached hydrogens (tertiary/aromatic N) is 1. The Hall–Kier alpha value is -1.95. The van der Waals surface area contributed by atoms with E-state index >= 15 is 0 Å². The van der Waals surface area contributed by atoms with Crippen LogP contribution in [0.15, 0.2) is 24.3 Å². The minimum Gasteiger partial charge on any atom is -0.493 e. The quantitative estimate of drug-likeness (QED) is 0.548. The summed E-state index contributed by atoms with van der Waals surface area (Å²) >= 11 is 19.7. The third-order valence-electron chi connectivity index (χ3n) is 5.70. The van der Waals surface area contributed by atoms with E-state index in [2.05, 4.69) is 17.0 Å². The van der Waals surface area contributed by atoms with Crippen LogP contribution in [-0.2, 0) is 6.42 Å². The van der Waals surface area contributed by atoms with Crippen molar-refractivity contribution < 1.29 is 18.9 Å². The summed E-state index contributed by atoms with van der Waals surface area (Å²) in [5.41, 5.74) is 5.00. The molecule has 0 aliphatic carbocycles. The lowest BCUT2D eigenvalue weighted by Gasteiger charge is -2.45. The van der Waals surface area contributed by atoms with Crippen LogP contribution in [-0.4, -0.2) is 35.7 Å². The van der Waals surface area contributed by atoms with Crippen LogP contribution in [0.5, 0.6) is 23.0 Å². The van der Waals surface area contributed by atoms with Gasteiger partial charge in [-0.25, -0.2) is 0 Å². The molecule has 1 unspecified atom stereocenters. The van der Waals surface area contributed by atoms with Crippen molar-refractivity contribution in [3.8, 4) is 23.0 Å². The number of halogens is 3. The third kappa shape index (κ3) is 3.06. The number of alkyl halides is 3. The lowest BCUT2D eigenvalue weighted by atomic mass is 9.86. The van der Waals surface area contributed by atoms with Gasteiger partial charge in [0.05, 0.1) is 13.7 Å². The molecule has 0 aromatic heterocycles. The van der Waals surface area contributed by atoms with Gasteiger partial charge in [0.15, 0.2) is 23.0 Å². The summed E-state index contributed by atoms with van der Waals surface area (Å²) in [5, 5.41) is 0. The second-order valence-corrected chi connectivity index (χ2v) is 9.68. The Labute approximate surface area is 190 Å². The molecule has 2 aromatic carbocycles. The molecule has 3 aliphatic rings. The van der Waals surface area contributed by atoms with Crippen LogP contribution in [0.1, 0.15) is 35.2 Å². The van der Waals surface area contributed by atoms with E-state index < -0.39 is 9.83 Å². The van der Waals surface area contributed by atoms with Crippen LogP contribution in [0.4, 0.5) is 0 Å². The number of methoxy groups -OCH3 is 1. The van der Waals surface area contributed by atoms with Gasteiger partial charge in [0.2, 0.25) is 10.6 Å². The Balaban J connectivity index is 1.75.